The van der Waals surface area contributed by atoms with Gasteiger partial charge in [0.15, 0.2) is 0 Å². The molecule has 26 heavy (non-hydrogen) atoms. The van der Waals surface area contributed by atoms with Crippen LogP contribution in [0.1, 0.15) is 0 Å². The molecule has 0 aliphatic carbocycles. The van der Waals surface area contributed by atoms with Gasteiger partial charge in [0.05, 0.1) is 0 Å². The number of fused-ring (bicyclic) bond motifs is 2. The normalized spacial score (nSPS) is 9.77. The summed E-state index contributed by atoms with van der Waals surface area (Å²) in [7, 11) is 9.60. The van der Waals surface area contributed by atoms with Gasteiger partial charge in [-0.15, -0.1) is 42.6 Å². The van der Waals surface area contributed by atoms with Gasteiger partial charge in [-0.1, -0.05) is 35.6 Å². The van der Waals surface area contributed by atoms with Crippen molar-refractivity contribution in [2.75, 3.05) is 0 Å². The Bertz CT molecular complexity index is 889. The summed E-state index contributed by atoms with van der Waals surface area (Å²) < 4.78 is 0. The maximum atomic E-state index is 4.93. The van der Waals surface area contributed by atoms with E-state index in [2.05, 4.69) is 72.3 Å². The number of halogens is 2. The van der Waals surface area contributed by atoms with Crippen molar-refractivity contribution in [1.82, 2.24) is 0 Å². The molecule has 5 aromatic rings. The van der Waals surface area contributed by atoms with Gasteiger partial charge in [0.2, 0.25) is 0 Å². The van der Waals surface area contributed by atoms with Crippen molar-refractivity contribution >= 4 is 46.1 Å². The molecule has 0 saturated heterocycles. The van der Waals surface area contributed by atoms with Crippen molar-refractivity contribution in [1.29, 1.82) is 0 Å². The molecule has 0 aliphatic heterocycles. The van der Waals surface area contributed by atoms with Crippen molar-refractivity contribution < 1.29 is 20.8 Å². The zero-order chi connectivity index (χ0) is 18.2. The van der Waals surface area contributed by atoms with E-state index in [1.165, 1.54) is 26.8 Å². The molecular weight excluding hydrogens is 457 g/mol. The molecule has 5 rings (SSSR count). The Kier molecular flexibility index (Phi) is 7.78. The average Bonchev–Trinajstić information content (AvgIpc) is 3.42. The number of hydrogen-bond donors (Lipinski definition) is 0. The van der Waals surface area contributed by atoms with Gasteiger partial charge in [-0.2, -0.15) is 24.3 Å². The maximum Gasteiger partial charge on any atom is -0.0138 e. The smallest absolute Gasteiger partial charge is 0.0138 e. The van der Waals surface area contributed by atoms with Crippen LogP contribution in [-0.4, -0.2) is 0 Å². The first-order valence-corrected chi connectivity index (χ1v) is 16.0. The van der Waals surface area contributed by atoms with Crippen LogP contribution in [0.25, 0.3) is 26.8 Å². The molecule has 0 nitrogen and oxygen atoms in total. The van der Waals surface area contributed by atoms with Gasteiger partial charge in [-0.25, -0.2) is 12.1 Å². The number of benzene rings is 2. The summed E-state index contributed by atoms with van der Waals surface area (Å²) in [6, 6.07) is 31.9. The second-order valence-electron chi connectivity index (χ2n) is 5.67. The zero-order valence-electron chi connectivity index (χ0n) is 14.0. The van der Waals surface area contributed by atoms with Gasteiger partial charge >= 0.3 is 37.9 Å². The zero-order valence-corrected chi connectivity index (χ0v) is 18.9. The second kappa shape index (κ2) is 10.3. The Morgan fingerprint density at radius 2 is 1.27 bits per heavy atom. The SMILES string of the molecule is [Cl][Zr+2][Cl].c1cc[cH-]c1.c1ccc2cp(-c3cc4ccccc4[cH-]3)cc2c1. The Morgan fingerprint density at radius 1 is 0.731 bits per heavy atom. The molecule has 0 radical (unpaired) electrons. The van der Waals surface area contributed by atoms with E-state index in [-0.39, 0.29) is 7.53 Å². The van der Waals surface area contributed by atoms with Crippen molar-refractivity contribution in [2.45, 2.75) is 0 Å². The van der Waals surface area contributed by atoms with E-state index in [1.807, 2.05) is 30.3 Å². The van der Waals surface area contributed by atoms with Crippen molar-refractivity contribution in [3.63, 3.8) is 0 Å². The molecule has 0 aliphatic rings. The van der Waals surface area contributed by atoms with E-state index in [0.717, 1.165) is 0 Å². The Hall–Kier alpha value is -1.10. The summed E-state index contributed by atoms with van der Waals surface area (Å²) in [5, 5.41) is 6.94. The van der Waals surface area contributed by atoms with Gasteiger partial charge in [-0.3, -0.25) is 0 Å². The molecule has 0 N–H and O–H groups in total. The van der Waals surface area contributed by atoms with Crippen LogP contribution in [0.3, 0.4) is 0 Å². The predicted octanol–water partition coefficient (Wildman–Crippen LogP) is 8.47. The molecule has 4 aromatic carbocycles. The summed E-state index contributed by atoms with van der Waals surface area (Å²) in [6.07, 6.45) is 0. The molecule has 0 unspecified atom stereocenters. The first-order chi connectivity index (χ1) is 12.8. The van der Waals surface area contributed by atoms with Gasteiger partial charge in [-0.05, 0) is 22.4 Å². The molecule has 0 spiro atoms. The summed E-state index contributed by atoms with van der Waals surface area (Å²) >= 11 is -0.826. The van der Waals surface area contributed by atoms with Gasteiger partial charge in [0.1, 0.15) is 0 Å². The van der Waals surface area contributed by atoms with Crippen LogP contribution in [0.15, 0.2) is 103 Å². The van der Waals surface area contributed by atoms with E-state index in [1.54, 1.807) is 0 Å². The average molecular weight is 474 g/mol. The Labute approximate surface area is 173 Å². The largest absolute Gasteiger partial charge is 0.214 e. The van der Waals surface area contributed by atoms with Gasteiger partial charge in [0, 0.05) is 0 Å². The predicted molar refractivity (Wildman–Crippen MR) is 115 cm³/mol. The quantitative estimate of drug-likeness (QED) is 0.214. The summed E-state index contributed by atoms with van der Waals surface area (Å²) in [5.74, 6) is 4.83. The summed E-state index contributed by atoms with van der Waals surface area (Å²) in [5.41, 5.74) is 0. The van der Waals surface area contributed by atoms with Crippen LogP contribution in [0.5, 0.6) is 0 Å². The standard InChI is InChI=1S/C17H12P.C5H5.2ClH.Zr/c1-2-6-14-10-17(9-13(14)5-1)18-11-15-7-3-4-8-16(15)12-18;1-2-4-5-3-1;;;/h1-12H;1-5H;2*1H;/q2*-1;;;+4/p-2. The van der Waals surface area contributed by atoms with Crippen LogP contribution in [-0.2, 0) is 20.8 Å². The topological polar surface area (TPSA) is 0 Å². The molecule has 128 valence electrons. The maximum absolute atomic E-state index is 4.93. The van der Waals surface area contributed by atoms with E-state index in [4.69, 9.17) is 17.0 Å². The fraction of sp³-hybridized carbons (Fsp3) is 0. The van der Waals surface area contributed by atoms with E-state index >= 15 is 0 Å². The molecule has 0 amide bonds. The Balaban J connectivity index is 0.000000207. The van der Waals surface area contributed by atoms with Gasteiger partial charge in [0.25, 0.3) is 0 Å². The van der Waals surface area contributed by atoms with Crippen molar-refractivity contribution in [2.24, 2.45) is 0 Å². The Morgan fingerprint density at radius 3 is 1.77 bits per heavy atom. The third-order valence-corrected chi connectivity index (χ3v) is 5.98. The monoisotopic (exact) mass is 472 g/mol. The molecule has 0 saturated carbocycles. The first kappa shape index (κ1) is 19.7. The van der Waals surface area contributed by atoms with E-state index < -0.39 is 20.8 Å². The number of rotatable bonds is 1. The third kappa shape index (κ3) is 5.21. The molecule has 4 heteroatoms. The van der Waals surface area contributed by atoms with Crippen molar-refractivity contribution in [3.8, 4) is 5.30 Å². The molecule has 0 atom stereocenters. The minimum absolute atomic E-state index is 0.264. The fourth-order valence-corrected chi connectivity index (χ4v) is 4.85. The molecule has 1 heterocycles. The first-order valence-electron chi connectivity index (χ1n) is 8.17. The fourth-order valence-electron chi connectivity index (χ4n) is 2.84. The van der Waals surface area contributed by atoms with Crippen LogP contribution in [0.4, 0.5) is 0 Å². The van der Waals surface area contributed by atoms with E-state index in [9.17, 15) is 0 Å². The molecular formula is C22H17Cl2PZr. The minimum atomic E-state index is -0.826. The van der Waals surface area contributed by atoms with Crippen LogP contribution >= 0.6 is 24.6 Å². The summed E-state index contributed by atoms with van der Waals surface area (Å²) in [4.78, 5) is 0. The number of hydrogen-bond acceptors (Lipinski definition) is 0. The molecule has 1 aromatic heterocycles. The van der Waals surface area contributed by atoms with Crippen LogP contribution in [0, 0.1) is 0 Å². The third-order valence-electron chi connectivity index (χ3n) is 4.01. The molecule has 0 bridgehead atoms. The van der Waals surface area contributed by atoms with Crippen LogP contribution in [0.2, 0.25) is 0 Å². The van der Waals surface area contributed by atoms with E-state index in [0.29, 0.717) is 0 Å². The summed E-state index contributed by atoms with van der Waals surface area (Å²) in [6.45, 7) is 0. The molecule has 0 fully saturated rings. The van der Waals surface area contributed by atoms with Gasteiger partial charge < -0.3 is 0 Å². The second-order valence-corrected chi connectivity index (χ2v) is 11.2. The minimum Gasteiger partial charge on any atom is -0.214 e. The van der Waals surface area contributed by atoms with Crippen LogP contribution < -0.4 is 0 Å². The van der Waals surface area contributed by atoms with Crippen molar-refractivity contribution in [3.05, 3.63) is 103 Å².